The van der Waals surface area contributed by atoms with E-state index in [2.05, 4.69) is 4.74 Å². The molecule has 110 valence electrons. The smallest absolute Gasteiger partial charge is 0.337 e. The van der Waals surface area contributed by atoms with Crippen molar-refractivity contribution < 1.29 is 19.4 Å². The average molecular weight is 286 g/mol. The molecular formula is C17H18O4. The van der Waals surface area contributed by atoms with E-state index >= 15 is 0 Å². The van der Waals surface area contributed by atoms with Gasteiger partial charge in [-0.1, -0.05) is 18.2 Å². The highest BCUT2D eigenvalue weighted by Crippen LogP contribution is 2.26. The topological polar surface area (TPSA) is 55.8 Å². The fraction of sp³-hybridized carbons (Fsp3) is 0.235. The van der Waals surface area contributed by atoms with Crippen LogP contribution in [0.2, 0.25) is 0 Å². The van der Waals surface area contributed by atoms with Crippen LogP contribution in [0.5, 0.6) is 11.5 Å². The van der Waals surface area contributed by atoms with Crippen molar-refractivity contribution in [2.75, 3.05) is 14.2 Å². The van der Waals surface area contributed by atoms with Crippen molar-refractivity contribution in [3.05, 3.63) is 59.2 Å². The van der Waals surface area contributed by atoms with Crippen molar-refractivity contribution >= 4 is 5.97 Å². The summed E-state index contributed by atoms with van der Waals surface area (Å²) in [5.74, 6) is 0.291. The summed E-state index contributed by atoms with van der Waals surface area (Å²) >= 11 is 0. The van der Waals surface area contributed by atoms with Crippen molar-refractivity contribution in [1.82, 2.24) is 0 Å². The van der Waals surface area contributed by atoms with Gasteiger partial charge in [0.15, 0.2) is 11.5 Å². The van der Waals surface area contributed by atoms with Crippen molar-refractivity contribution in [3.63, 3.8) is 0 Å². The van der Waals surface area contributed by atoms with E-state index in [-0.39, 0.29) is 11.7 Å². The zero-order chi connectivity index (χ0) is 15.2. The van der Waals surface area contributed by atoms with Gasteiger partial charge in [0.05, 0.1) is 19.8 Å². The van der Waals surface area contributed by atoms with Crippen LogP contribution in [0.1, 0.15) is 21.5 Å². The molecule has 0 bridgehead atoms. The zero-order valence-electron chi connectivity index (χ0n) is 12.1. The summed E-state index contributed by atoms with van der Waals surface area (Å²) in [4.78, 5) is 11.3. The number of phenolic OH excluding ortho intramolecular Hbond substituents is 1. The van der Waals surface area contributed by atoms with Gasteiger partial charge in [0.2, 0.25) is 0 Å². The third-order valence-corrected chi connectivity index (χ3v) is 3.32. The van der Waals surface area contributed by atoms with Gasteiger partial charge in [0.25, 0.3) is 0 Å². The van der Waals surface area contributed by atoms with E-state index in [1.807, 2.05) is 18.2 Å². The highest BCUT2D eigenvalue weighted by atomic mass is 16.5. The first-order chi connectivity index (χ1) is 10.1. The van der Waals surface area contributed by atoms with Crippen LogP contribution in [0.4, 0.5) is 0 Å². The van der Waals surface area contributed by atoms with E-state index in [1.54, 1.807) is 24.3 Å². The second-order valence-electron chi connectivity index (χ2n) is 4.69. The van der Waals surface area contributed by atoms with Gasteiger partial charge in [-0.2, -0.15) is 0 Å². The van der Waals surface area contributed by atoms with Crippen molar-refractivity contribution in [2.24, 2.45) is 0 Å². The molecule has 0 atom stereocenters. The number of aromatic hydroxyl groups is 1. The maximum absolute atomic E-state index is 11.3. The number of hydrogen-bond acceptors (Lipinski definition) is 4. The number of rotatable bonds is 5. The molecule has 0 aliphatic carbocycles. The molecule has 0 unspecified atom stereocenters. The number of methoxy groups -OCH3 is 2. The Morgan fingerprint density at radius 2 is 1.62 bits per heavy atom. The Hall–Kier alpha value is -2.49. The quantitative estimate of drug-likeness (QED) is 0.859. The van der Waals surface area contributed by atoms with E-state index in [9.17, 15) is 9.90 Å². The van der Waals surface area contributed by atoms with E-state index in [1.165, 1.54) is 14.2 Å². The van der Waals surface area contributed by atoms with Gasteiger partial charge in [-0.25, -0.2) is 4.79 Å². The maximum atomic E-state index is 11.3. The second kappa shape index (κ2) is 6.79. The number of ether oxygens (including phenoxy) is 2. The molecule has 0 amide bonds. The first-order valence-corrected chi connectivity index (χ1v) is 6.67. The molecule has 1 N–H and O–H groups in total. The molecule has 2 aromatic carbocycles. The number of aryl methyl sites for hydroxylation is 2. The Labute approximate surface area is 123 Å². The molecule has 4 nitrogen and oxygen atoms in total. The number of benzene rings is 2. The fourth-order valence-electron chi connectivity index (χ4n) is 2.11. The zero-order valence-corrected chi connectivity index (χ0v) is 12.1. The standard InChI is InChI=1S/C17H18O4/c1-20-16-10-7-13(11-15(16)18)4-3-12-5-8-14(9-6-12)17(19)21-2/h5-11,18H,3-4H2,1-2H3. The molecule has 0 radical (unpaired) electrons. The monoisotopic (exact) mass is 286 g/mol. The maximum Gasteiger partial charge on any atom is 0.337 e. The van der Waals surface area contributed by atoms with E-state index in [4.69, 9.17) is 4.74 Å². The van der Waals surface area contributed by atoms with Crippen LogP contribution < -0.4 is 4.74 Å². The Kier molecular flexibility index (Phi) is 4.82. The Bertz CT molecular complexity index is 617. The summed E-state index contributed by atoms with van der Waals surface area (Å²) in [5.41, 5.74) is 2.70. The van der Waals surface area contributed by atoms with Crippen LogP contribution in [0, 0.1) is 0 Å². The molecule has 0 saturated carbocycles. The Morgan fingerprint density at radius 3 is 2.19 bits per heavy atom. The van der Waals surface area contributed by atoms with Crippen LogP contribution in [-0.4, -0.2) is 25.3 Å². The van der Waals surface area contributed by atoms with Gasteiger partial charge in [-0.15, -0.1) is 0 Å². The molecule has 0 heterocycles. The number of phenols is 1. The van der Waals surface area contributed by atoms with Gasteiger partial charge in [-0.05, 0) is 48.2 Å². The lowest BCUT2D eigenvalue weighted by Crippen LogP contribution is -2.01. The molecule has 0 saturated heterocycles. The van der Waals surface area contributed by atoms with Gasteiger partial charge >= 0.3 is 5.97 Å². The predicted octanol–water partition coefficient (Wildman–Crippen LogP) is 2.97. The molecule has 0 aliphatic heterocycles. The number of carbonyl (C=O) groups is 1. The van der Waals surface area contributed by atoms with Crippen molar-refractivity contribution in [1.29, 1.82) is 0 Å². The second-order valence-corrected chi connectivity index (χ2v) is 4.69. The van der Waals surface area contributed by atoms with Crippen LogP contribution in [-0.2, 0) is 17.6 Å². The van der Waals surface area contributed by atoms with Gasteiger partial charge < -0.3 is 14.6 Å². The minimum absolute atomic E-state index is 0.149. The van der Waals surface area contributed by atoms with Gasteiger partial charge in [0, 0.05) is 0 Å². The molecule has 0 fully saturated rings. The van der Waals surface area contributed by atoms with Crippen LogP contribution in [0.25, 0.3) is 0 Å². The van der Waals surface area contributed by atoms with Gasteiger partial charge in [-0.3, -0.25) is 0 Å². The minimum Gasteiger partial charge on any atom is -0.504 e. The minimum atomic E-state index is -0.332. The number of esters is 1. The van der Waals surface area contributed by atoms with Crippen molar-refractivity contribution in [3.8, 4) is 11.5 Å². The van der Waals surface area contributed by atoms with Crippen molar-refractivity contribution in [2.45, 2.75) is 12.8 Å². The third kappa shape index (κ3) is 3.75. The van der Waals surface area contributed by atoms with Crippen LogP contribution in [0.3, 0.4) is 0 Å². The number of hydrogen-bond donors (Lipinski definition) is 1. The third-order valence-electron chi connectivity index (χ3n) is 3.32. The summed E-state index contributed by atoms with van der Waals surface area (Å²) in [7, 11) is 2.89. The van der Waals surface area contributed by atoms with E-state index < -0.39 is 0 Å². The summed E-state index contributed by atoms with van der Waals surface area (Å²) in [5, 5.41) is 9.74. The predicted molar refractivity (Wildman–Crippen MR) is 79.8 cm³/mol. The van der Waals surface area contributed by atoms with Gasteiger partial charge in [0.1, 0.15) is 0 Å². The fourth-order valence-corrected chi connectivity index (χ4v) is 2.11. The Morgan fingerprint density at radius 1 is 1.00 bits per heavy atom. The Balaban J connectivity index is 1.99. The van der Waals surface area contributed by atoms with E-state index in [0.717, 1.165) is 24.0 Å². The molecule has 0 aromatic heterocycles. The van der Waals surface area contributed by atoms with Crippen LogP contribution >= 0.6 is 0 Å². The average Bonchev–Trinajstić information content (AvgIpc) is 2.52. The first kappa shape index (κ1) is 14.9. The lowest BCUT2D eigenvalue weighted by atomic mass is 10.0. The molecular weight excluding hydrogens is 268 g/mol. The molecule has 21 heavy (non-hydrogen) atoms. The highest BCUT2D eigenvalue weighted by Gasteiger charge is 2.05. The lowest BCUT2D eigenvalue weighted by Gasteiger charge is -2.07. The van der Waals surface area contributed by atoms with E-state index in [0.29, 0.717) is 11.3 Å². The highest BCUT2D eigenvalue weighted by molar-refractivity contribution is 5.89. The molecule has 0 spiro atoms. The molecule has 4 heteroatoms. The molecule has 0 aliphatic rings. The SMILES string of the molecule is COC(=O)c1ccc(CCc2ccc(OC)c(O)c2)cc1. The first-order valence-electron chi connectivity index (χ1n) is 6.67. The summed E-state index contributed by atoms with van der Waals surface area (Å²) in [6, 6.07) is 12.7. The normalized spacial score (nSPS) is 10.2. The summed E-state index contributed by atoms with van der Waals surface area (Å²) in [6.45, 7) is 0. The lowest BCUT2D eigenvalue weighted by molar-refractivity contribution is 0.0600. The summed E-state index contributed by atoms with van der Waals surface area (Å²) < 4.78 is 9.68. The molecule has 2 aromatic rings. The number of carbonyl (C=O) groups excluding carboxylic acids is 1. The summed E-state index contributed by atoms with van der Waals surface area (Å²) in [6.07, 6.45) is 1.63. The largest absolute Gasteiger partial charge is 0.504 e. The van der Waals surface area contributed by atoms with Crippen LogP contribution in [0.15, 0.2) is 42.5 Å². The molecule has 2 rings (SSSR count).